The molecule has 0 aliphatic rings. The molecule has 0 saturated carbocycles. The van der Waals surface area contributed by atoms with E-state index in [1.54, 1.807) is 10.9 Å². The highest BCUT2D eigenvalue weighted by molar-refractivity contribution is 6.30. The maximum absolute atomic E-state index is 5.87. The minimum atomic E-state index is 0.672. The molecule has 21 heavy (non-hydrogen) atoms. The zero-order valence-corrected chi connectivity index (χ0v) is 12.2. The molecule has 0 spiro atoms. The summed E-state index contributed by atoms with van der Waals surface area (Å²) in [6.45, 7) is 2.66. The number of anilines is 1. The van der Waals surface area contributed by atoms with Crippen molar-refractivity contribution >= 4 is 17.4 Å². The van der Waals surface area contributed by atoms with Crippen molar-refractivity contribution in [3.8, 4) is 5.82 Å². The molecule has 2 aromatic heterocycles. The molecule has 1 N–H and O–H groups in total. The Morgan fingerprint density at radius 2 is 2.00 bits per heavy atom. The zero-order valence-electron chi connectivity index (χ0n) is 11.5. The molecule has 1 aromatic carbocycles. The van der Waals surface area contributed by atoms with E-state index in [0.717, 1.165) is 27.8 Å². The van der Waals surface area contributed by atoms with Crippen molar-refractivity contribution in [2.75, 3.05) is 5.32 Å². The quantitative estimate of drug-likeness (QED) is 0.803. The molecule has 106 valence electrons. The Morgan fingerprint density at radius 3 is 2.71 bits per heavy atom. The summed E-state index contributed by atoms with van der Waals surface area (Å²) in [5.41, 5.74) is 2.22. The van der Waals surface area contributed by atoms with Gasteiger partial charge in [0, 0.05) is 23.8 Å². The van der Waals surface area contributed by atoms with Crippen LogP contribution < -0.4 is 5.32 Å². The van der Waals surface area contributed by atoms with Crippen LogP contribution in [0, 0.1) is 6.92 Å². The lowest BCUT2D eigenvalue weighted by Gasteiger charge is -2.07. The zero-order chi connectivity index (χ0) is 14.7. The van der Waals surface area contributed by atoms with Gasteiger partial charge in [0.1, 0.15) is 12.1 Å². The molecule has 0 fully saturated rings. The van der Waals surface area contributed by atoms with Crippen LogP contribution in [0.5, 0.6) is 0 Å². The van der Waals surface area contributed by atoms with E-state index in [1.165, 1.54) is 6.33 Å². The highest BCUT2D eigenvalue weighted by atomic mass is 35.5. The number of halogens is 1. The largest absolute Gasteiger partial charge is 0.366 e. The number of hydrogen-bond acceptors (Lipinski definition) is 4. The molecule has 3 aromatic rings. The van der Waals surface area contributed by atoms with Crippen molar-refractivity contribution in [2.45, 2.75) is 13.5 Å². The van der Waals surface area contributed by atoms with Gasteiger partial charge in [0.15, 0.2) is 5.82 Å². The first-order chi connectivity index (χ1) is 10.2. The van der Waals surface area contributed by atoms with Gasteiger partial charge in [0.25, 0.3) is 0 Å². The average Bonchev–Trinajstić information content (AvgIpc) is 2.94. The van der Waals surface area contributed by atoms with E-state index in [0.29, 0.717) is 6.54 Å². The van der Waals surface area contributed by atoms with E-state index in [4.69, 9.17) is 11.6 Å². The molecule has 0 aliphatic heterocycles. The van der Waals surface area contributed by atoms with Crippen LogP contribution in [-0.2, 0) is 6.54 Å². The van der Waals surface area contributed by atoms with Gasteiger partial charge in [-0.1, -0.05) is 23.7 Å². The maximum Gasteiger partial charge on any atom is 0.158 e. The summed E-state index contributed by atoms with van der Waals surface area (Å²) in [4.78, 5) is 8.44. The maximum atomic E-state index is 5.87. The number of nitrogens with zero attached hydrogens (tertiary/aromatic N) is 4. The monoisotopic (exact) mass is 299 g/mol. The van der Waals surface area contributed by atoms with Gasteiger partial charge >= 0.3 is 0 Å². The SMILES string of the molecule is Cc1cnn(-c2cc(NCc3ccc(Cl)cc3)ncn2)c1. The summed E-state index contributed by atoms with van der Waals surface area (Å²) < 4.78 is 1.73. The van der Waals surface area contributed by atoms with E-state index < -0.39 is 0 Å². The van der Waals surface area contributed by atoms with Crippen LogP contribution in [0.1, 0.15) is 11.1 Å². The summed E-state index contributed by atoms with van der Waals surface area (Å²) in [7, 11) is 0. The molecule has 3 rings (SSSR count). The number of hydrogen-bond donors (Lipinski definition) is 1. The molecule has 0 unspecified atom stereocenters. The molecule has 0 aliphatic carbocycles. The van der Waals surface area contributed by atoms with Crippen molar-refractivity contribution in [1.29, 1.82) is 0 Å². The predicted octanol–water partition coefficient (Wildman–Crippen LogP) is 3.24. The molecule has 5 nitrogen and oxygen atoms in total. The Labute approximate surface area is 127 Å². The third-order valence-corrected chi connectivity index (χ3v) is 3.24. The summed E-state index contributed by atoms with van der Waals surface area (Å²) in [6.07, 6.45) is 5.24. The third-order valence-electron chi connectivity index (χ3n) is 2.99. The highest BCUT2D eigenvalue weighted by Gasteiger charge is 2.02. The molecule has 0 radical (unpaired) electrons. The molecule has 0 bridgehead atoms. The van der Waals surface area contributed by atoms with Crippen molar-refractivity contribution in [3.63, 3.8) is 0 Å². The van der Waals surface area contributed by atoms with Gasteiger partial charge in [-0.3, -0.25) is 0 Å². The number of benzene rings is 1. The topological polar surface area (TPSA) is 55.6 Å². The number of aryl methyl sites for hydroxylation is 1. The van der Waals surface area contributed by atoms with Crippen LogP contribution in [0.2, 0.25) is 5.02 Å². The van der Waals surface area contributed by atoms with Gasteiger partial charge in [-0.25, -0.2) is 14.6 Å². The Bertz CT molecular complexity index is 736. The first-order valence-corrected chi connectivity index (χ1v) is 6.90. The molecule has 2 heterocycles. The van der Waals surface area contributed by atoms with E-state index in [9.17, 15) is 0 Å². The van der Waals surface area contributed by atoms with Gasteiger partial charge in [-0.2, -0.15) is 5.10 Å². The Morgan fingerprint density at radius 1 is 1.19 bits per heavy atom. The van der Waals surface area contributed by atoms with E-state index >= 15 is 0 Å². The van der Waals surface area contributed by atoms with Crippen LogP contribution in [-0.4, -0.2) is 19.7 Å². The summed E-state index contributed by atoms with van der Waals surface area (Å²) >= 11 is 5.87. The van der Waals surface area contributed by atoms with E-state index in [-0.39, 0.29) is 0 Å². The fraction of sp³-hybridized carbons (Fsp3) is 0.133. The Balaban J connectivity index is 1.73. The summed E-state index contributed by atoms with van der Waals surface area (Å²) in [5.74, 6) is 1.49. The minimum Gasteiger partial charge on any atom is -0.366 e. The summed E-state index contributed by atoms with van der Waals surface area (Å²) in [5, 5.41) is 8.23. The van der Waals surface area contributed by atoms with E-state index in [2.05, 4.69) is 20.4 Å². The van der Waals surface area contributed by atoms with Crippen molar-refractivity contribution < 1.29 is 0 Å². The highest BCUT2D eigenvalue weighted by Crippen LogP contribution is 2.13. The van der Waals surface area contributed by atoms with Gasteiger partial charge in [-0.15, -0.1) is 0 Å². The third kappa shape index (κ3) is 3.38. The standard InChI is InChI=1S/C15H14ClN5/c1-11-7-20-21(9-11)15-6-14(18-10-19-15)17-8-12-2-4-13(16)5-3-12/h2-7,9-10H,8H2,1H3,(H,17,18,19). The van der Waals surface area contributed by atoms with Gasteiger partial charge in [-0.05, 0) is 30.2 Å². The van der Waals surface area contributed by atoms with Gasteiger partial charge in [0.2, 0.25) is 0 Å². The Hall–Kier alpha value is -2.40. The first kappa shape index (κ1) is 13.6. The fourth-order valence-electron chi connectivity index (χ4n) is 1.90. The lowest BCUT2D eigenvalue weighted by atomic mass is 10.2. The minimum absolute atomic E-state index is 0.672. The fourth-order valence-corrected chi connectivity index (χ4v) is 2.03. The number of nitrogens with one attached hydrogen (secondary N) is 1. The lowest BCUT2D eigenvalue weighted by molar-refractivity contribution is 0.838. The average molecular weight is 300 g/mol. The molecular formula is C15H14ClN5. The lowest BCUT2D eigenvalue weighted by Crippen LogP contribution is -2.04. The van der Waals surface area contributed by atoms with Crippen LogP contribution >= 0.6 is 11.6 Å². The smallest absolute Gasteiger partial charge is 0.158 e. The summed E-state index contributed by atoms with van der Waals surface area (Å²) in [6, 6.07) is 9.57. The van der Waals surface area contributed by atoms with Crippen LogP contribution in [0.25, 0.3) is 5.82 Å². The first-order valence-electron chi connectivity index (χ1n) is 6.53. The normalized spacial score (nSPS) is 10.6. The van der Waals surface area contributed by atoms with Crippen LogP contribution in [0.3, 0.4) is 0 Å². The number of rotatable bonds is 4. The van der Waals surface area contributed by atoms with Gasteiger partial charge < -0.3 is 5.32 Å². The number of aromatic nitrogens is 4. The molecule has 6 heteroatoms. The molecule has 0 saturated heterocycles. The van der Waals surface area contributed by atoms with E-state index in [1.807, 2.05) is 43.5 Å². The van der Waals surface area contributed by atoms with Gasteiger partial charge in [0.05, 0.1) is 6.20 Å². The van der Waals surface area contributed by atoms with Crippen molar-refractivity contribution in [3.05, 3.63) is 65.2 Å². The molecule has 0 atom stereocenters. The van der Waals surface area contributed by atoms with Crippen molar-refractivity contribution in [2.24, 2.45) is 0 Å². The Kier molecular flexibility index (Phi) is 3.83. The predicted molar refractivity (Wildman–Crippen MR) is 82.7 cm³/mol. The van der Waals surface area contributed by atoms with Crippen LogP contribution in [0.15, 0.2) is 49.1 Å². The molecular weight excluding hydrogens is 286 g/mol. The van der Waals surface area contributed by atoms with Crippen LogP contribution in [0.4, 0.5) is 5.82 Å². The van der Waals surface area contributed by atoms with Crippen molar-refractivity contribution in [1.82, 2.24) is 19.7 Å². The second kappa shape index (κ2) is 5.93. The second-order valence-corrected chi connectivity index (χ2v) is 5.14. The molecule has 0 amide bonds. The second-order valence-electron chi connectivity index (χ2n) is 4.70.